The summed E-state index contributed by atoms with van der Waals surface area (Å²) in [6, 6.07) is 60.0. The van der Waals surface area contributed by atoms with Crippen LogP contribution in [-0.4, -0.2) is 4.98 Å². The molecule has 244 valence electrons. The molecule has 5 heteroatoms. The van der Waals surface area contributed by atoms with E-state index in [0.717, 1.165) is 61.2 Å². The number of benzene rings is 8. The van der Waals surface area contributed by atoms with E-state index in [1.54, 1.807) is 0 Å². The van der Waals surface area contributed by atoms with Gasteiger partial charge in [-0.15, -0.1) is 11.3 Å². The maximum absolute atomic E-state index is 6.45. The lowest BCUT2D eigenvalue weighted by Crippen LogP contribution is -2.09. The molecular weight excluding hydrogens is 657 g/mol. The average Bonchev–Trinajstić information content (AvgIpc) is 3.91. The molecule has 0 fully saturated rings. The second-order valence-corrected chi connectivity index (χ2v) is 14.3. The molecule has 3 heterocycles. The number of rotatable bonds is 5. The number of oxazole rings is 1. The number of thiophene rings is 1. The summed E-state index contributed by atoms with van der Waals surface area (Å²) in [4.78, 5) is 7.21. The van der Waals surface area contributed by atoms with Crippen LogP contribution in [0.4, 0.5) is 17.1 Å². The Morgan fingerprint density at radius 3 is 2.15 bits per heavy atom. The van der Waals surface area contributed by atoms with Crippen LogP contribution in [0.3, 0.4) is 0 Å². The first kappa shape index (κ1) is 29.1. The van der Waals surface area contributed by atoms with Crippen LogP contribution < -0.4 is 4.90 Å². The molecule has 0 aliphatic carbocycles. The van der Waals surface area contributed by atoms with Crippen LogP contribution in [0.25, 0.3) is 86.6 Å². The van der Waals surface area contributed by atoms with Crippen molar-refractivity contribution in [2.24, 2.45) is 0 Å². The number of furan rings is 1. The Morgan fingerprint density at radius 2 is 1.19 bits per heavy atom. The lowest BCUT2D eigenvalue weighted by Gasteiger charge is -2.26. The van der Waals surface area contributed by atoms with Crippen LogP contribution in [-0.2, 0) is 0 Å². The maximum atomic E-state index is 6.45. The number of nitrogens with zero attached hydrogens (tertiary/aromatic N) is 2. The largest absolute Gasteiger partial charge is 0.456 e. The van der Waals surface area contributed by atoms with Gasteiger partial charge in [0.15, 0.2) is 5.58 Å². The van der Waals surface area contributed by atoms with Gasteiger partial charge in [0, 0.05) is 53.6 Å². The number of aromatic nitrogens is 1. The minimum Gasteiger partial charge on any atom is -0.456 e. The Labute approximate surface area is 302 Å². The SMILES string of the molecule is c1cc(-c2ccc3ccccc3c2)cc(N(c2ccc3c(c2)sc2ccccc23)c2ccc3oc4cccc(-c5nc6ccccc6o5)c4c3c2)c1. The van der Waals surface area contributed by atoms with Crippen molar-refractivity contribution in [2.45, 2.75) is 0 Å². The third-order valence-electron chi connectivity index (χ3n) is 10.1. The van der Waals surface area contributed by atoms with Crippen LogP contribution in [0.2, 0.25) is 0 Å². The van der Waals surface area contributed by atoms with Gasteiger partial charge < -0.3 is 13.7 Å². The van der Waals surface area contributed by atoms with Gasteiger partial charge in [-0.3, -0.25) is 0 Å². The standard InChI is InChI=1S/C47H28N2O2S/c1-2-10-30-25-32(20-19-29(30)9-1)31-11-7-12-33(26-31)49(35-21-23-37-36-13-3-6-18-44(36)52-45(37)28-35)34-22-24-41-39(27-34)46-38(14-8-17-43(46)50-41)47-48-40-15-4-5-16-42(40)51-47/h1-28H. The van der Waals surface area contributed by atoms with Gasteiger partial charge >= 0.3 is 0 Å². The number of fused-ring (bicyclic) bond motifs is 8. The van der Waals surface area contributed by atoms with Crippen molar-refractivity contribution < 1.29 is 8.83 Å². The molecule has 4 nitrogen and oxygen atoms in total. The van der Waals surface area contributed by atoms with Crippen LogP contribution in [0.5, 0.6) is 0 Å². The highest BCUT2D eigenvalue weighted by Gasteiger charge is 2.20. The number of hydrogen-bond acceptors (Lipinski definition) is 5. The highest BCUT2D eigenvalue weighted by atomic mass is 32.1. The fourth-order valence-corrected chi connectivity index (χ4v) is 8.75. The molecule has 0 atom stereocenters. The van der Waals surface area contributed by atoms with E-state index < -0.39 is 0 Å². The molecule has 0 aliphatic rings. The van der Waals surface area contributed by atoms with Gasteiger partial charge in [-0.25, -0.2) is 4.98 Å². The predicted octanol–water partition coefficient (Wildman–Crippen LogP) is 14.1. The summed E-state index contributed by atoms with van der Waals surface area (Å²) in [5.74, 6) is 0.579. The van der Waals surface area contributed by atoms with E-state index in [0.29, 0.717) is 5.89 Å². The summed E-state index contributed by atoms with van der Waals surface area (Å²) in [5.41, 5.74) is 9.62. The van der Waals surface area contributed by atoms with Crippen molar-refractivity contribution in [3.05, 3.63) is 170 Å². The predicted molar refractivity (Wildman–Crippen MR) is 217 cm³/mol. The summed E-state index contributed by atoms with van der Waals surface area (Å²) in [6.07, 6.45) is 0. The monoisotopic (exact) mass is 684 g/mol. The summed E-state index contributed by atoms with van der Waals surface area (Å²) in [6.45, 7) is 0. The summed E-state index contributed by atoms with van der Waals surface area (Å²) in [7, 11) is 0. The molecule has 3 aromatic heterocycles. The molecule has 0 unspecified atom stereocenters. The molecule has 52 heavy (non-hydrogen) atoms. The quantitative estimate of drug-likeness (QED) is 0.181. The van der Waals surface area contributed by atoms with E-state index in [1.807, 2.05) is 47.7 Å². The molecule has 0 saturated heterocycles. The fourth-order valence-electron chi connectivity index (χ4n) is 7.61. The van der Waals surface area contributed by atoms with Gasteiger partial charge in [-0.05, 0) is 101 Å². The summed E-state index contributed by atoms with van der Waals surface area (Å²) >= 11 is 1.83. The summed E-state index contributed by atoms with van der Waals surface area (Å²) in [5, 5.41) is 7.01. The van der Waals surface area contributed by atoms with E-state index in [2.05, 4.69) is 138 Å². The lowest BCUT2D eigenvalue weighted by molar-refractivity contribution is 0.620. The number of hydrogen-bond donors (Lipinski definition) is 0. The third-order valence-corrected chi connectivity index (χ3v) is 11.2. The van der Waals surface area contributed by atoms with E-state index in [-0.39, 0.29) is 0 Å². The minimum absolute atomic E-state index is 0.579. The van der Waals surface area contributed by atoms with Crippen LogP contribution in [0, 0.1) is 0 Å². The molecule has 0 saturated carbocycles. The molecule has 0 bridgehead atoms. The Morgan fingerprint density at radius 1 is 0.442 bits per heavy atom. The zero-order valence-electron chi connectivity index (χ0n) is 27.8. The van der Waals surface area contributed by atoms with E-state index in [9.17, 15) is 0 Å². The first-order chi connectivity index (χ1) is 25.7. The van der Waals surface area contributed by atoms with Gasteiger partial charge in [0.05, 0.1) is 0 Å². The van der Waals surface area contributed by atoms with E-state index >= 15 is 0 Å². The molecule has 11 rings (SSSR count). The molecule has 0 spiro atoms. The highest BCUT2D eigenvalue weighted by Crippen LogP contribution is 2.44. The van der Waals surface area contributed by atoms with E-state index in [4.69, 9.17) is 13.8 Å². The molecule has 0 radical (unpaired) electrons. The van der Waals surface area contributed by atoms with Crippen molar-refractivity contribution in [1.29, 1.82) is 0 Å². The molecule has 0 amide bonds. The molecule has 8 aromatic carbocycles. The first-order valence-corrected chi connectivity index (χ1v) is 18.2. The van der Waals surface area contributed by atoms with Crippen molar-refractivity contribution in [2.75, 3.05) is 4.90 Å². The highest BCUT2D eigenvalue weighted by molar-refractivity contribution is 7.25. The average molecular weight is 685 g/mol. The third kappa shape index (κ3) is 4.64. The van der Waals surface area contributed by atoms with Crippen molar-refractivity contribution in [3.8, 4) is 22.6 Å². The zero-order valence-corrected chi connectivity index (χ0v) is 28.6. The van der Waals surface area contributed by atoms with Crippen molar-refractivity contribution in [1.82, 2.24) is 4.98 Å². The second kappa shape index (κ2) is 11.4. The Hall–Kier alpha value is -6.69. The topological polar surface area (TPSA) is 42.4 Å². The number of para-hydroxylation sites is 2. The molecular formula is C47H28N2O2S. The van der Waals surface area contributed by atoms with E-state index in [1.165, 1.54) is 36.5 Å². The van der Waals surface area contributed by atoms with Gasteiger partial charge in [0.25, 0.3) is 0 Å². The Balaban J connectivity index is 1.12. The van der Waals surface area contributed by atoms with Gasteiger partial charge in [0.1, 0.15) is 16.7 Å². The normalized spacial score (nSPS) is 11.8. The van der Waals surface area contributed by atoms with Crippen LogP contribution >= 0.6 is 11.3 Å². The first-order valence-electron chi connectivity index (χ1n) is 17.4. The summed E-state index contributed by atoms with van der Waals surface area (Å²) < 4.78 is 15.3. The Bertz CT molecular complexity index is 3130. The minimum atomic E-state index is 0.579. The second-order valence-electron chi connectivity index (χ2n) is 13.2. The molecule has 11 aromatic rings. The lowest BCUT2D eigenvalue weighted by atomic mass is 10.0. The van der Waals surface area contributed by atoms with Gasteiger partial charge in [0.2, 0.25) is 5.89 Å². The van der Waals surface area contributed by atoms with Gasteiger partial charge in [-0.2, -0.15) is 0 Å². The van der Waals surface area contributed by atoms with Crippen molar-refractivity contribution >= 4 is 92.4 Å². The zero-order chi connectivity index (χ0) is 34.2. The Kier molecular flexibility index (Phi) is 6.39. The number of anilines is 3. The maximum Gasteiger partial charge on any atom is 0.228 e. The molecule has 0 N–H and O–H groups in total. The van der Waals surface area contributed by atoms with Crippen LogP contribution in [0.15, 0.2) is 179 Å². The fraction of sp³-hybridized carbons (Fsp3) is 0. The molecule has 0 aliphatic heterocycles. The van der Waals surface area contributed by atoms with Gasteiger partial charge in [-0.1, -0.05) is 91.0 Å². The van der Waals surface area contributed by atoms with Crippen molar-refractivity contribution in [3.63, 3.8) is 0 Å². The van der Waals surface area contributed by atoms with Crippen LogP contribution in [0.1, 0.15) is 0 Å². The smallest absolute Gasteiger partial charge is 0.228 e.